The molecule has 0 aliphatic carbocycles. The standard InChI is InChI=1S/C20H16F2N4O4S2/c21-14-6-16-17(7-18(14)32(28,29)25-19-24-4-5-31-19)30-20(27)26(16)10-11-2-1-3-12-13(11)8-23-9-15(12)22/h1-7,15,23H,8-10H2,(H,24,25)/t15-/m1/s1. The van der Waals surface area contributed by atoms with E-state index in [0.29, 0.717) is 17.7 Å². The molecule has 2 N–H and O–H groups in total. The van der Waals surface area contributed by atoms with Gasteiger partial charge in [0.2, 0.25) is 0 Å². The van der Waals surface area contributed by atoms with Crippen molar-refractivity contribution in [1.82, 2.24) is 14.9 Å². The number of oxazole rings is 1. The van der Waals surface area contributed by atoms with Crippen molar-refractivity contribution in [2.24, 2.45) is 0 Å². The van der Waals surface area contributed by atoms with Crippen molar-refractivity contribution in [3.05, 3.63) is 75.0 Å². The number of fused-ring (bicyclic) bond motifs is 2. The molecular formula is C20H16F2N4O4S2. The van der Waals surface area contributed by atoms with E-state index in [2.05, 4.69) is 15.0 Å². The maximum absolute atomic E-state index is 14.8. The predicted molar refractivity (Wildman–Crippen MR) is 114 cm³/mol. The molecule has 32 heavy (non-hydrogen) atoms. The molecule has 5 rings (SSSR count). The molecule has 1 aliphatic rings. The quantitative estimate of drug-likeness (QED) is 0.457. The van der Waals surface area contributed by atoms with Crippen LogP contribution in [0, 0.1) is 5.82 Å². The molecule has 0 radical (unpaired) electrons. The van der Waals surface area contributed by atoms with Crippen molar-refractivity contribution >= 4 is 37.6 Å². The molecule has 166 valence electrons. The van der Waals surface area contributed by atoms with Gasteiger partial charge in [0.25, 0.3) is 10.0 Å². The van der Waals surface area contributed by atoms with Crippen LogP contribution in [0.25, 0.3) is 11.1 Å². The molecule has 1 atom stereocenters. The van der Waals surface area contributed by atoms with Gasteiger partial charge >= 0.3 is 5.76 Å². The molecule has 0 bridgehead atoms. The van der Waals surface area contributed by atoms with Gasteiger partial charge in [-0.15, -0.1) is 11.3 Å². The van der Waals surface area contributed by atoms with Crippen molar-refractivity contribution < 1.29 is 21.6 Å². The van der Waals surface area contributed by atoms with E-state index in [9.17, 15) is 22.0 Å². The van der Waals surface area contributed by atoms with Crippen LogP contribution in [0.1, 0.15) is 22.9 Å². The summed E-state index contributed by atoms with van der Waals surface area (Å²) >= 11 is 1.04. The number of thiazole rings is 1. The van der Waals surface area contributed by atoms with E-state index < -0.39 is 32.7 Å². The molecule has 3 heterocycles. The number of rotatable bonds is 5. The monoisotopic (exact) mass is 478 g/mol. The molecule has 8 nitrogen and oxygen atoms in total. The minimum Gasteiger partial charge on any atom is -0.408 e. The fourth-order valence-electron chi connectivity index (χ4n) is 3.78. The van der Waals surface area contributed by atoms with E-state index in [1.807, 2.05) is 0 Å². The van der Waals surface area contributed by atoms with Gasteiger partial charge in [-0.1, -0.05) is 18.2 Å². The maximum Gasteiger partial charge on any atom is 0.420 e. The molecule has 2 aromatic heterocycles. The topological polar surface area (TPSA) is 106 Å². The molecule has 2 aromatic carbocycles. The van der Waals surface area contributed by atoms with E-state index in [1.54, 1.807) is 23.6 Å². The fraction of sp³-hybridized carbons (Fsp3) is 0.200. The minimum absolute atomic E-state index is 0.0201. The lowest BCUT2D eigenvalue weighted by molar-refractivity contribution is 0.309. The largest absolute Gasteiger partial charge is 0.420 e. The van der Waals surface area contributed by atoms with E-state index in [4.69, 9.17) is 4.42 Å². The number of halogens is 2. The van der Waals surface area contributed by atoms with Crippen LogP contribution >= 0.6 is 11.3 Å². The number of nitrogens with zero attached hydrogens (tertiary/aromatic N) is 2. The molecule has 12 heteroatoms. The zero-order valence-corrected chi connectivity index (χ0v) is 18.0. The third-order valence-electron chi connectivity index (χ3n) is 5.27. The highest BCUT2D eigenvalue weighted by atomic mass is 32.2. The summed E-state index contributed by atoms with van der Waals surface area (Å²) in [7, 11) is -4.28. The average molecular weight is 479 g/mol. The van der Waals surface area contributed by atoms with Gasteiger partial charge in [0.15, 0.2) is 10.7 Å². The van der Waals surface area contributed by atoms with E-state index >= 15 is 0 Å². The van der Waals surface area contributed by atoms with Crippen LogP contribution in [0.3, 0.4) is 0 Å². The molecular weight excluding hydrogens is 462 g/mol. The third-order valence-corrected chi connectivity index (χ3v) is 7.44. The summed E-state index contributed by atoms with van der Waals surface area (Å²) in [6, 6.07) is 7.08. The van der Waals surface area contributed by atoms with Crippen molar-refractivity contribution in [2.75, 3.05) is 11.3 Å². The van der Waals surface area contributed by atoms with Crippen LogP contribution in [-0.2, 0) is 23.1 Å². The highest BCUT2D eigenvalue weighted by Crippen LogP contribution is 2.29. The summed E-state index contributed by atoms with van der Waals surface area (Å²) in [5, 5.41) is 4.64. The second-order valence-electron chi connectivity index (χ2n) is 7.23. The summed E-state index contributed by atoms with van der Waals surface area (Å²) in [6.45, 7) is 0.671. The SMILES string of the molecule is O=c1oc2cc(S(=O)(=O)Nc3nccs3)c(F)cc2n1Cc1cccc2c1CNC[C@H]2F. The zero-order valence-electron chi connectivity index (χ0n) is 16.3. The van der Waals surface area contributed by atoms with Gasteiger partial charge in [-0.3, -0.25) is 9.29 Å². The Morgan fingerprint density at radius 3 is 2.97 bits per heavy atom. The Kier molecular flexibility index (Phi) is 5.07. The Bertz CT molecular complexity index is 1480. The first kappa shape index (κ1) is 20.8. The Morgan fingerprint density at radius 2 is 2.19 bits per heavy atom. The van der Waals surface area contributed by atoms with Crippen molar-refractivity contribution in [1.29, 1.82) is 0 Å². The Hall–Kier alpha value is -3.09. The van der Waals surface area contributed by atoms with E-state index in [0.717, 1.165) is 29.0 Å². The maximum atomic E-state index is 14.8. The Balaban J connectivity index is 1.56. The van der Waals surface area contributed by atoms with Gasteiger partial charge in [-0.2, -0.15) is 0 Å². The fourth-order valence-corrected chi connectivity index (χ4v) is 5.64. The van der Waals surface area contributed by atoms with Crippen LogP contribution in [-0.4, -0.2) is 24.5 Å². The van der Waals surface area contributed by atoms with Crippen LogP contribution in [0.5, 0.6) is 0 Å². The summed E-state index contributed by atoms with van der Waals surface area (Å²) in [5.74, 6) is -1.82. The molecule has 0 saturated carbocycles. The summed E-state index contributed by atoms with van der Waals surface area (Å²) < 4.78 is 62.9. The third kappa shape index (κ3) is 3.59. The van der Waals surface area contributed by atoms with E-state index in [-0.39, 0.29) is 29.3 Å². The van der Waals surface area contributed by atoms with Crippen LogP contribution in [0.2, 0.25) is 0 Å². The number of sulfonamides is 1. The van der Waals surface area contributed by atoms with Crippen LogP contribution < -0.4 is 15.8 Å². The van der Waals surface area contributed by atoms with Gasteiger partial charge in [-0.05, 0) is 16.7 Å². The highest BCUT2D eigenvalue weighted by molar-refractivity contribution is 7.93. The number of aromatic nitrogens is 2. The Labute approximate surface area is 184 Å². The van der Waals surface area contributed by atoms with Crippen molar-refractivity contribution in [3.63, 3.8) is 0 Å². The lowest BCUT2D eigenvalue weighted by Gasteiger charge is -2.23. The zero-order chi connectivity index (χ0) is 22.5. The minimum atomic E-state index is -4.28. The number of anilines is 1. The number of nitrogens with one attached hydrogen (secondary N) is 2. The molecule has 0 unspecified atom stereocenters. The molecule has 1 aliphatic heterocycles. The number of benzene rings is 2. The number of hydrogen-bond acceptors (Lipinski definition) is 7. The second kappa shape index (κ2) is 7.80. The second-order valence-corrected chi connectivity index (χ2v) is 9.78. The van der Waals surface area contributed by atoms with Gasteiger partial charge < -0.3 is 9.73 Å². The lowest BCUT2D eigenvalue weighted by Crippen LogP contribution is -2.28. The molecule has 0 spiro atoms. The Morgan fingerprint density at radius 1 is 1.34 bits per heavy atom. The summed E-state index contributed by atoms with van der Waals surface area (Å²) in [4.78, 5) is 15.7. The summed E-state index contributed by atoms with van der Waals surface area (Å²) in [6.07, 6.45) is 0.247. The number of alkyl halides is 1. The smallest absolute Gasteiger partial charge is 0.408 e. The van der Waals surface area contributed by atoms with Gasteiger partial charge in [-0.25, -0.2) is 27.0 Å². The average Bonchev–Trinajstić information content (AvgIpc) is 3.35. The van der Waals surface area contributed by atoms with E-state index in [1.165, 1.54) is 10.8 Å². The molecule has 0 fully saturated rings. The van der Waals surface area contributed by atoms with Crippen LogP contribution in [0.4, 0.5) is 13.9 Å². The first-order valence-electron chi connectivity index (χ1n) is 9.54. The summed E-state index contributed by atoms with van der Waals surface area (Å²) in [5.41, 5.74) is 1.99. The lowest BCUT2D eigenvalue weighted by atomic mass is 9.94. The predicted octanol–water partition coefficient (Wildman–Crippen LogP) is 3.15. The molecule has 0 amide bonds. The highest BCUT2D eigenvalue weighted by Gasteiger charge is 2.25. The van der Waals surface area contributed by atoms with Crippen molar-refractivity contribution in [3.8, 4) is 0 Å². The van der Waals surface area contributed by atoms with Gasteiger partial charge in [0, 0.05) is 36.8 Å². The van der Waals surface area contributed by atoms with Gasteiger partial charge in [0.05, 0.1) is 12.1 Å². The molecule has 4 aromatic rings. The van der Waals surface area contributed by atoms with Gasteiger partial charge in [0.1, 0.15) is 16.9 Å². The normalized spacial score (nSPS) is 16.2. The van der Waals surface area contributed by atoms with Crippen LogP contribution in [0.15, 0.2) is 56.0 Å². The first-order chi connectivity index (χ1) is 15.3. The van der Waals surface area contributed by atoms with Crippen molar-refractivity contribution in [2.45, 2.75) is 24.2 Å². The first-order valence-corrected chi connectivity index (χ1v) is 11.9. The number of hydrogen-bond donors (Lipinski definition) is 2. The molecule has 0 saturated heterocycles.